The van der Waals surface area contributed by atoms with Gasteiger partial charge in [-0.2, -0.15) is 10.2 Å². The van der Waals surface area contributed by atoms with E-state index in [-0.39, 0.29) is 5.91 Å². The normalized spacial score (nSPS) is 10.9. The average Bonchev–Trinajstić information content (AvgIpc) is 3.21. The first-order chi connectivity index (χ1) is 12.9. The average molecular weight is 431 g/mol. The van der Waals surface area contributed by atoms with Gasteiger partial charge < -0.3 is 9.15 Å². The van der Waals surface area contributed by atoms with Crippen molar-refractivity contribution in [1.82, 2.24) is 15.2 Å². The second-order valence-corrected chi connectivity index (χ2v) is 6.31. The van der Waals surface area contributed by atoms with Gasteiger partial charge in [0.1, 0.15) is 21.7 Å². The van der Waals surface area contributed by atoms with E-state index in [4.69, 9.17) is 9.15 Å². The van der Waals surface area contributed by atoms with E-state index in [0.717, 1.165) is 5.56 Å². The molecule has 0 aliphatic rings. The van der Waals surface area contributed by atoms with Crippen LogP contribution in [0.1, 0.15) is 32.0 Å². The molecular formula is C18H15BrN4O4. The van der Waals surface area contributed by atoms with Gasteiger partial charge in [0.15, 0.2) is 0 Å². The SMILES string of the molecule is Cc1occc1C(=O)N/N=C/c1ccc(OC(=O)c2cn(C)nc2Br)cc1. The van der Waals surface area contributed by atoms with Crippen LogP contribution in [0.4, 0.5) is 0 Å². The van der Waals surface area contributed by atoms with Crippen molar-refractivity contribution >= 4 is 34.0 Å². The molecule has 9 heteroatoms. The first-order valence-electron chi connectivity index (χ1n) is 7.83. The largest absolute Gasteiger partial charge is 0.469 e. The minimum absolute atomic E-state index is 0.334. The molecule has 0 bridgehead atoms. The first kappa shape index (κ1) is 18.6. The van der Waals surface area contributed by atoms with E-state index in [1.165, 1.54) is 17.2 Å². The number of ether oxygens (including phenoxy) is 1. The Bertz CT molecular complexity index is 1000. The van der Waals surface area contributed by atoms with Gasteiger partial charge in [0.05, 0.1) is 18.0 Å². The molecule has 0 atom stereocenters. The van der Waals surface area contributed by atoms with Crippen molar-refractivity contribution < 1.29 is 18.7 Å². The Morgan fingerprint density at radius 3 is 2.59 bits per heavy atom. The molecule has 8 nitrogen and oxygen atoms in total. The summed E-state index contributed by atoms with van der Waals surface area (Å²) in [6.07, 6.45) is 4.49. The van der Waals surface area contributed by atoms with Gasteiger partial charge in [0.2, 0.25) is 0 Å². The third kappa shape index (κ3) is 4.50. The molecule has 0 saturated carbocycles. The number of aryl methyl sites for hydroxylation is 2. The molecular weight excluding hydrogens is 416 g/mol. The summed E-state index contributed by atoms with van der Waals surface area (Å²) in [5, 5.41) is 7.93. The van der Waals surface area contributed by atoms with Crippen LogP contribution < -0.4 is 10.2 Å². The summed E-state index contributed by atoms with van der Waals surface area (Å²) in [4.78, 5) is 24.0. The molecule has 3 aromatic rings. The topological polar surface area (TPSA) is 98.7 Å². The summed E-state index contributed by atoms with van der Waals surface area (Å²) in [5.74, 6) is 0.0318. The Hall–Kier alpha value is -3.20. The van der Waals surface area contributed by atoms with E-state index in [1.54, 1.807) is 50.5 Å². The van der Waals surface area contributed by atoms with Crippen LogP contribution in [-0.2, 0) is 7.05 Å². The summed E-state index contributed by atoms with van der Waals surface area (Å²) < 4.78 is 12.3. The van der Waals surface area contributed by atoms with Gasteiger partial charge in [0.25, 0.3) is 5.91 Å². The van der Waals surface area contributed by atoms with Gasteiger partial charge in [-0.1, -0.05) is 0 Å². The van der Waals surface area contributed by atoms with Crippen molar-refractivity contribution in [2.24, 2.45) is 12.1 Å². The maximum Gasteiger partial charge on any atom is 0.347 e. The molecule has 1 N–H and O–H groups in total. The predicted molar refractivity (Wildman–Crippen MR) is 101 cm³/mol. The molecule has 0 unspecified atom stereocenters. The van der Waals surface area contributed by atoms with Gasteiger partial charge in [-0.3, -0.25) is 9.48 Å². The van der Waals surface area contributed by atoms with Crippen LogP contribution in [0.3, 0.4) is 0 Å². The second kappa shape index (κ2) is 8.00. The fourth-order valence-corrected chi connectivity index (χ4v) is 2.74. The summed E-state index contributed by atoms with van der Waals surface area (Å²) in [6, 6.07) is 8.25. The molecule has 1 amide bonds. The highest BCUT2D eigenvalue weighted by molar-refractivity contribution is 9.10. The van der Waals surface area contributed by atoms with E-state index in [1.807, 2.05) is 0 Å². The van der Waals surface area contributed by atoms with E-state index in [2.05, 4.69) is 31.6 Å². The first-order valence-corrected chi connectivity index (χ1v) is 8.62. The van der Waals surface area contributed by atoms with Crippen molar-refractivity contribution in [3.63, 3.8) is 0 Å². The maximum atomic E-state index is 12.1. The molecule has 0 aliphatic carbocycles. The van der Waals surface area contributed by atoms with Crippen LogP contribution in [-0.4, -0.2) is 27.9 Å². The number of nitrogens with zero attached hydrogens (tertiary/aromatic N) is 3. The molecule has 138 valence electrons. The lowest BCUT2D eigenvalue weighted by molar-refractivity contribution is 0.0733. The molecule has 0 saturated heterocycles. The quantitative estimate of drug-likeness (QED) is 0.290. The van der Waals surface area contributed by atoms with Crippen molar-refractivity contribution in [3.8, 4) is 5.75 Å². The second-order valence-electron chi connectivity index (χ2n) is 5.56. The van der Waals surface area contributed by atoms with E-state index < -0.39 is 5.97 Å². The van der Waals surface area contributed by atoms with Crippen molar-refractivity contribution in [2.75, 3.05) is 0 Å². The molecule has 3 rings (SSSR count). The Morgan fingerprint density at radius 1 is 1.26 bits per heavy atom. The Labute approximate surface area is 162 Å². The van der Waals surface area contributed by atoms with Gasteiger partial charge in [-0.05, 0) is 58.7 Å². The number of halogens is 1. The predicted octanol–water partition coefficient (Wildman–Crippen LogP) is 3.07. The minimum atomic E-state index is -0.515. The monoisotopic (exact) mass is 430 g/mol. The highest BCUT2D eigenvalue weighted by Gasteiger charge is 2.16. The standard InChI is InChI=1S/C18H15BrN4O4/c1-11-14(7-8-26-11)17(24)21-20-9-12-3-5-13(6-4-12)27-18(25)15-10-23(2)22-16(15)19/h3-10H,1-2H3,(H,21,24)/b20-9+. The van der Waals surface area contributed by atoms with Crippen LogP contribution in [0.15, 0.2) is 56.9 Å². The fourth-order valence-electron chi connectivity index (χ4n) is 2.23. The highest BCUT2D eigenvalue weighted by atomic mass is 79.9. The molecule has 2 aromatic heterocycles. The van der Waals surface area contributed by atoms with Crippen LogP contribution in [0.25, 0.3) is 0 Å². The molecule has 0 aliphatic heterocycles. The summed E-state index contributed by atoms with van der Waals surface area (Å²) in [6.45, 7) is 1.70. The number of hydrogen-bond acceptors (Lipinski definition) is 6. The van der Waals surface area contributed by atoms with Gasteiger partial charge in [-0.15, -0.1) is 0 Å². The Balaban J connectivity index is 1.58. The Morgan fingerprint density at radius 2 is 2.00 bits per heavy atom. The summed E-state index contributed by atoms with van der Waals surface area (Å²) >= 11 is 3.21. The number of furan rings is 1. The molecule has 1 aromatic carbocycles. The number of hydrazone groups is 1. The fraction of sp³-hybridized carbons (Fsp3) is 0.111. The molecule has 2 heterocycles. The number of hydrogen-bond donors (Lipinski definition) is 1. The number of esters is 1. The van der Waals surface area contributed by atoms with Crippen LogP contribution in [0.5, 0.6) is 5.75 Å². The number of amides is 1. The smallest absolute Gasteiger partial charge is 0.347 e. The van der Waals surface area contributed by atoms with Gasteiger partial charge in [-0.25, -0.2) is 10.2 Å². The van der Waals surface area contributed by atoms with Crippen molar-refractivity contribution in [2.45, 2.75) is 6.92 Å². The molecule has 27 heavy (non-hydrogen) atoms. The maximum absolute atomic E-state index is 12.1. The lowest BCUT2D eigenvalue weighted by Gasteiger charge is -2.03. The highest BCUT2D eigenvalue weighted by Crippen LogP contribution is 2.18. The zero-order chi connectivity index (χ0) is 19.4. The molecule has 0 spiro atoms. The zero-order valence-corrected chi connectivity index (χ0v) is 16.1. The molecule has 0 fully saturated rings. The summed E-state index contributed by atoms with van der Waals surface area (Å²) in [7, 11) is 1.71. The number of rotatable bonds is 5. The minimum Gasteiger partial charge on any atom is -0.469 e. The van der Waals surface area contributed by atoms with Crippen LogP contribution in [0.2, 0.25) is 0 Å². The van der Waals surface area contributed by atoms with Gasteiger partial charge in [0, 0.05) is 13.2 Å². The molecule has 0 radical (unpaired) electrons. The number of benzene rings is 1. The number of nitrogens with one attached hydrogen (secondary N) is 1. The van der Waals surface area contributed by atoms with Crippen LogP contribution in [0, 0.1) is 6.92 Å². The lowest BCUT2D eigenvalue weighted by atomic mass is 10.2. The number of carbonyl (C=O) groups excluding carboxylic acids is 2. The van der Waals surface area contributed by atoms with Gasteiger partial charge >= 0.3 is 5.97 Å². The van der Waals surface area contributed by atoms with Crippen molar-refractivity contribution in [1.29, 1.82) is 0 Å². The van der Waals surface area contributed by atoms with E-state index in [9.17, 15) is 9.59 Å². The third-order valence-corrected chi connectivity index (χ3v) is 4.16. The van der Waals surface area contributed by atoms with Crippen LogP contribution >= 0.6 is 15.9 Å². The number of carbonyl (C=O) groups is 2. The van der Waals surface area contributed by atoms with Crippen molar-refractivity contribution in [3.05, 3.63) is 69.8 Å². The third-order valence-electron chi connectivity index (χ3n) is 3.58. The lowest BCUT2D eigenvalue weighted by Crippen LogP contribution is -2.17. The Kier molecular flexibility index (Phi) is 5.51. The number of aromatic nitrogens is 2. The zero-order valence-electron chi connectivity index (χ0n) is 14.5. The summed E-state index contributed by atoms with van der Waals surface area (Å²) in [5.41, 5.74) is 3.91. The van der Waals surface area contributed by atoms with E-state index >= 15 is 0 Å². The van der Waals surface area contributed by atoms with E-state index in [0.29, 0.717) is 27.2 Å².